The molecule has 1 heterocycles. The zero-order valence-electron chi connectivity index (χ0n) is 13.5. The summed E-state index contributed by atoms with van der Waals surface area (Å²) in [6.07, 6.45) is 0. The van der Waals surface area contributed by atoms with E-state index in [-0.39, 0.29) is 11.3 Å². The molecule has 0 spiro atoms. The van der Waals surface area contributed by atoms with Crippen molar-refractivity contribution in [2.45, 2.75) is 0 Å². The van der Waals surface area contributed by atoms with E-state index in [9.17, 15) is 19.7 Å². The van der Waals surface area contributed by atoms with E-state index in [4.69, 9.17) is 19.9 Å². The van der Waals surface area contributed by atoms with Gasteiger partial charge in [-0.3, -0.25) is 14.9 Å². The molecule has 2 aromatic carbocycles. The van der Waals surface area contributed by atoms with Crippen LogP contribution in [0.1, 0.15) is 20.7 Å². The van der Waals surface area contributed by atoms with E-state index in [1.165, 1.54) is 24.3 Å². The predicted octanol–water partition coefficient (Wildman–Crippen LogP) is 1.99. The number of nitro benzene ring substituents is 1. The van der Waals surface area contributed by atoms with E-state index >= 15 is 0 Å². The first-order valence-electron chi connectivity index (χ1n) is 7.59. The Bertz CT molecular complexity index is 895. The fourth-order valence-corrected chi connectivity index (χ4v) is 2.34. The van der Waals surface area contributed by atoms with Crippen LogP contribution in [-0.2, 0) is 4.74 Å². The van der Waals surface area contributed by atoms with Crippen LogP contribution in [0, 0.1) is 10.1 Å². The maximum absolute atomic E-state index is 12.2. The van der Waals surface area contributed by atoms with Crippen molar-refractivity contribution in [3.05, 3.63) is 57.6 Å². The highest BCUT2D eigenvalue weighted by Gasteiger charge is 2.19. The molecule has 0 aromatic heterocycles. The fourth-order valence-electron chi connectivity index (χ4n) is 2.34. The van der Waals surface area contributed by atoms with E-state index in [2.05, 4.69) is 0 Å². The second-order valence-corrected chi connectivity index (χ2v) is 5.39. The minimum absolute atomic E-state index is 0.0686. The zero-order chi connectivity index (χ0) is 18.7. The van der Waals surface area contributed by atoms with Crippen molar-refractivity contribution >= 4 is 23.1 Å². The van der Waals surface area contributed by atoms with Gasteiger partial charge in [0.1, 0.15) is 18.9 Å². The molecule has 3 rings (SSSR count). The Morgan fingerprint density at radius 3 is 2.50 bits per heavy atom. The number of hydrogen-bond donors (Lipinski definition) is 1. The first-order chi connectivity index (χ1) is 12.5. The molecule has 0 unspecified atom stereocenters. The van der Waals surface area contributed by atoms with Crippen molar-refractivity contribution in [1.82, 2.24) is 0 Å². The Balaban J connectivity index is 1.67. The van der Waals surface area contributed by atoms with Crippen molar-refractivity contribution in [2.24, 2.45) is 0 Å². The lowest BCUT2D eigenvalue weighted by molar-refractivity contribution is -0.383. The van der Waals surface area contributed by atoms with Crippen LogP contribution in [0.4, 0.5) is 11.4 Å². The van der Waals surface area contributed by atoms with E-state index in [0.717, 1.165) is 6.07 Å². The van der Waals surface area contributed by atoms with Crippen LogP contribution < -0.4 is 15.2 Å². The number of rotatable bonds is 5. The third-order valence-corrected chi connectivity index (χ3v) is 3.66. The lowest BCUT2D eigenvalue weighted by atomic mass is 10.1. The van der Waals surface area contributed by atoms with Crippen LogP contribution in [0.3, 0.4) is 0 Å². The molecule has 0 amide bonds. The maximum Gasteiger partial charge on any atom is 0.338 e. The van der Waals surface area contributed by atoms with Crippen LogP contribution in [0.5, 0.6) is 11.5 Å². The summed E-state index contributed by atoms with van der Waals surface area (Å²) in [6.45, 7) is 0.303. The molecule has 1 aliphatic heterocycles. The van der Waals surface area contributed by atoms with Crippen LogP contribution in [0.15, 0.2) is 36.4 Å². The van der Waals surface area contributed by atoms with Gasteiger partial charge in [0, 0.05) is 11.6 Å². The summed E-state index contributed by atoms with van der Waals surface area (Å²) >= 11 is 0. The van der Waals surface area contributed by atoms with Gasteiger partial charge in [0.15, 0.2) is 23.9 Å². The van der Waals surface area contributed by atoms with Crippen molar-refractivity contribution in [1.29, 1.82) is 0 Å². The first kappa shape index (κ1) is 17.2. The number of ether oxygens (including phenoxy) is 3. The molecule has 0 fully saturated rings. The van der Waals surface area contributed by atoms with Crippen LogP contribution in [0.25, 0.3) is 0 Å². The number of hydrogen-bond acceptors (Lipinski definition) is 8. The molecule has 9 heteroatoms. The minimum Gasteiger partial charge on any atom is -0.486 e. The molecular formula is C17H14N2O7. The summed E-state index contributed by atoms with van der Waals surface area (Å²) in [5.74, 6) is -0.319. The van der Waals surface area contributed by atoms with Gasteiger partial charge in [-0.2, -0.15) is 0 Å². The Hall–Kier alpha value is -3.62. The number of nitrogens with zero attached hydrogens (tertiary/aromatic N) is 1. The molecule has 134 valence electrons. The average Bonchev–Trinajstić information content (AvgIpc) is 2.65. The molecule has 0 aliphatic carbocycles. The number of ketones is 1. The van der Waals surface area contributed by atoms with Gasteiger partial charge in [0.05, 0.1) is 10.5 Å². The molecule has 0 saturated heterocycles. The lowest BCUT2D eigenvalue weighted by Gasteiger charge is -2.18. The van der Waals surface area contributed by atoms with Gasteiger partial charge in [-0.25, -0.2) is 4.79 Å². The Kier molecular flexibility index (Phi) is 4.70. The number of nitro groups is 1. The highest BCUT2D eigenvalue weighted by molar-refractivity contribution is 6.00. The highest BCUT2D eigenvalue weighted by Crippen LogP contribution is 2.31. The number of Topliss-reactive ketones (excluding diaryl/α,β-unsaturated/α-hetero) is 1. The predicted molar refractivity (Wildman–Crippen MR) is 89.6 cm³/mol. The number of nitrogens with two attached hydrogens (primary N) is 1. The summed E-state index contributed by atoms with van der Waals surface area (Å²) in [5.41, 5.74) is 5.23. The van der Waals surface area contributed by atoms with Crippen LogP contribution in [-0.4, -0.2) is 36.5 Å². The highest BCUT2D eigenvalue weighted by atomic mass is 16.6. The molecule has 0 radical (unpaired) electrons. The number of benzene rings is 2. The van der Waals surface area contributed by atoms with Gasteiger partial charge in [0.2, 0.25) is 0 Å². The summed E-state index contributed by atoms with van der Waals surface area (Å²) in [5, 5.41) is 10.9. The summed E-state index contributed by atoms with van der Waals surface area (Å²) in [6, 6.07) is 8.19. The van der Waals surface area contributed by atoms with Gasteiger partial charge in [0.25, 0.3) is 5.69 Å². The number of nitrogen functional groups attached to an aromatic ring is 1. The second-order valence-electron chi connectivity index (χ2n) is 5.39. The smallest absolute Gasteiger partial charge is 0.338 e. The van der Waals surface area contributed by atoms with Crippen molar-refractivity contribution in [2.75, 3.05) is 25.6 Å². The van der Waals surface area contributed by atoms with E-state index in [1.807, 2.05) is 0 Å². The van der Waals surface area contributed by atoms with Crippen molar-refractivity contribution in [3.63, 3.8) is 0 Å². The Morgan fingerprint density at radius 2 is 1.77 bits per heavy atom. The number of carbonyl (C=O) groups is 2. The molecule has 0 atom stereocenters. The van der Waals surface area contributed by atoms with Crippen molar-refractivity contribution in [3.8, 4) is 11.5 Å². The van der Waals surface area contributed by atoms with E-state index in [0.29, 0.717) is 30.3 Å². The van der Waals surface area contributed by atoms with Gasteiger partial charge in [-0.05, 0) is 30.3 Å². The average molecular weight is 358 g/mol. The number of carbonyl (C=O) groups excluding carboxylic acids is 2. The van der Waals surface area contributed by atoms with Crippen LogP contribution >= 0.6 is 0 Å². The molecule has 2 aromatic rings. The monoisotopic (exact) mass is 358 g/mol. The largest absolute Gasteiger partial charge is 0.486 e. The molecule has 9 nitrogen and oxygen atoms in total. The molecule has 1 aliphatic rings. The number of esters is 1. The minimum atomic E-state index is -0.862. The number of fused-ring (bicyclic) bond motifs is 1. The Labute approximate surface area is 147 Å². The standard InChI is InChI=1S/C17H14N2O7/c18-12-3-1-11(7-13(12)19(22)23)17(21)26-9-14(20)10-2-4-15-16(8-10)25-6-5-24-15/h1-4,7-8H,5-6,9,18H2. The quantitative estimate of drug-likeness (QED) is 0.282. The maximum atomic E-state index is 12.2. The first-order valence-corrected chi connectivity index (χ1v) is 7.59. The fraction of sp³-hybridized carbons (Fsp3) is 0.176. The normalized spacial score (nSPS) is 12.3. The third-order valence-electron chi connectivity index (χ3n) is 3.66. The Morgan fingerprint density at radius 1 is 1.08 bits per heavy atom. The SMILES string of the molecule is Nc1ccc(C(=O)OCC(=O)c2ccc3c(c2)OCCO3)cc1[N+](=O)[O-]. The van der Waals surface area contributed by atoms with Crippen LogP contribution in [0.2, 0.25) is 0 Å². The van der Waals surface area contributed by atoms with Crippen molar-refractivity contribution < 1.29 is 28.7 Å². The van der Waals surface area contributed by atoms with E-state index in [1.54, 1.807) is 6.07 Å². The summed E-state index contributed by atoms with van der Waals surface area (Å²) in [4.78, 5) is 34.4. The molecule has 0 saturated carbocycles. The second kappa shape index (κ2) is 7.09. The zero-order valence-corrected chi connectivity index (χ0v) is 13.5. The third kappa shape index (κ3) is 3.56. The summed E-state index contributed by atoms with van der Waals surface area (Å²) in [7, 11) is 0. The van der Waals surface area contributed by atoms with Gasteiger partial charge < -0.3 is 19.9 Å². The van der Waals surface area contributed by atoms with Gasteiger partial charge >= 0.3 is 5.97 Å². The van der Waals surface area contributed by atoms with Gasteiger partial charge in [-0.1, -0.05) is 0 Å². The number of anilines is 1. The molecule has 26 heavy (non-hydrogen) atoms. The van der Waals surface area contributed by atoms with Gasteiger partial charge in [-0.15, -0.1) is 0 Å². The topological polar surface area (TPSA) is 131 Å². The molecular weight excluding hydrogens is 344 g/mol. The lowest BCUT2D eigenvalue weighted by Crippen LogP contribution is -2.17. The molecule has 0 bridgehead atoms. The summed E-state index contributed by atoms with van der Waals surface area (Å²) < 4.78 is 15.7. The molecule has 2 N–H and O–H groups in total. The van der Waals surface area contributed by atoms with E-state index < -0.39 is 29.0 Å².